The second-order valence-electron chi connectivity index (χ2n) is 8.28. The molecule has 0 unspecified atom stereocenters. The van der Waals surface area contributed by atoms with Crippen LogP contribution in [0.3, 0.4) is 0 Å². The van der Waals surface area contributed by atoms with Crippen LogP contribution in [-0.4, -0.2) is 39.4 Å². The molecule has 0 aliphatic carbocycles. The molecule has 1 aromatic heterocycles. The predicted octanol–water partition coefficient (Wildman–Crippen LogP) is 2.99. The fraction of sp³-hybridized carbons (Fsp3) is 0.824. The minimum atomic E-state index is 0.0658. The average Bonchev–Trinajstić information content (AvgIpc) is 2.84. The van der Waals surface area contributed by atoms with Gasteiger partial charge >= 0.3 is 0 Å². The van der Waals surface area contributed by atoms with Gasteiger partial charge in [-0.1, -0.05) is 0 Å². The summed E-state index contributed by atoms with van der Waals surface area (Å²) in [7, 11) is 0. The Morgan fingerprint density at radius 1 is 1.10 bits per heavy atom. The quantitative estimate of drug-likeness (QED) is 0.930. The molecule has 1 aliphatic heterocycles. The third kappa shape index (κ3) is 4.55. The normalized spacial score (nSPS) is 19.1. The van der Waals surface area contributed by atoms with Crippen molar-refractivity contribution < 1.29 is 0 Å². The number of hydrogen-bond acceptors (Lipinski definition) is 3. The van der Waals surface area contributed by atoms with Crippen molar-refractivity contribution in [3.05, 3.63) is 18.0 Å². The highest BCUT2D eigenvalue weighted by atomic mass is 15.3. The summed E-state index contributed by atoms with van der Waals surface area (Å²) < 4.78 is 2.05. The maximum atomic E-state index is 4.46. The third-order valence-corrected chi connectivity index (χ3v) is 4.36. The second-order valence-corrected chi connectivity index (χ2v) is 8.28. The molecule has 1 aliphatic rings. The van der Waals surface area contributed by atoms with E-state index in [0.29, 0.717) is 11.6 Å². The summed E-state index contributed by atoms with van der Waals surface area (Å²) in [6.45, 7) is 16.8. The van der Waals surface area contributed by atoms with E-state index >= 15 is 0 Å². The van der Waals surface area contributed by atoms with Crippen LogP contribution >= 0.6 is 0 Å². The number of hydrogen-bond donors (Lipinski definition) is 1. The van der Waals surface area contributed by atoms with Gasteiger partial charge in [-0.3, -0.25) is 9.58 Å². The molecule has 2 rings (SSSR count). The SMILES string of the molecule is CC(C)(C)N1CCC(NCc2cnn(C(C)(C)C)c2)CC1. The highest BCUT2D eigenvalue weighted by Crippen LogP contribution is 2.20. The molecule has 2 heterocycles. The van der Waals surface area contributed by atoms with E-state index in [4.69, 9.17) is 0 Å². The molecule has 1 fully saturated rings. The van der Waals surface area contributed by atoms with E-state index in [1.54, 1.807) is 0 Å². The van der Waals surface area contributed by atoms with Crippen molar-refractivity contribution in [2.24, 2.45) is 0 Å². The Morgan fingerprint density at radius 3 is 2.19 bits per heavy atom. The lowest BCUT2D eigenvalue weighted by molar-refractivity contribution is 0.0960. The molecule has 1 N–H and O–H groups in total. The second kappa shape index (κ2) is 6.09. The van der Waals surface area contributed by atoms with Crippen molar-refractivity contribution in [1.29, 1.82) is 0 Å². The molecule has 0 radical (unpaired) electrons. The number of aromatic nitrogens is 2. The van der Waals surface area contributed by atoms with E-state index in [2.05, 4.69) is 63.1 Å². The van der Waals surface area contributed by atoms with Crippen molar-refractivity contribution in [2.75, 3.05) is 13.1 Å². The van der Waals surface area contributed by atoms with Gasteiger partial charge in [0.2, 0.25) is 0 Å². The van der Waals surface area contributed by atoms with E-state index < -0.39 is 0 Å². The van der Waals surface area contributed by atoms with Crippen LogP contribution in [-0.2, 0) is 12.1 Å². The Labute approximate surface area is 129 Å². The topological polar surface area (TPSA) is 33.1 Å². The molecule has 0 amide bonds. The molecular formula is C17H32N4. The monoisotopic (exact) mass is 292 g/mol. The number of nitrogens with zero attached hydrogens (tertiary/aromatic N) is 3. The van der Waals surface area contributed by atoms with Gasteiger partial charge in [-0.2, -0.15) is 5.10 Å². The molecule has 4 nitrogen and oxygen atoms in total. The molecule has 1 saturated heterocycles. The average molecular weight is 292 g/mol. The lowest BCUT2D eigenvalue weighted by Crippen LogP contribution is -2.49. The smallest absolute Gasteiger partial charge is 0.0543 e. The zero-order valence-electron chi connectivity index (χ0n) is 14.6. The number of piperidine rings is 1. The van der Waals surface area contributed by atoms with E-state index in [0.717, 1.165) is 6.54 Å². The van der Waals surface area contributed by atoms with Gasteiger partial charge in [0.1, 0.15) is 0 Å². The third-order valence-electron chi connectivity index (χ3n) is 4.36. The molecule has 0 aromatic carbocycles. The van der Waals surface area contributed by atoms with Crippen LogP contribution < -0.4 is 5.32 Å². The van der Waals surface area contributed by atoms with Gasteiger partial charge in [0.05, 0.1) is 11.7 Å². The van der Waals surface area contributed by atoms with Crippen molar-refractivity contribution in [1.82, 2.24) is 20.0 Å². The fourth-order valence-electron chi connectivity index (χ4n) is 2.83. The van der Waals surface area contributed by atoms with Crippen LogP contribution in [0.25, 0.3) is 0 Å². The number of rotatable bonds is 3. The summed E-state index contributed by atoms with van der Waals surface area (Å²) in [5.41, 5.74) is 1.65. The molecule has 4 heteroatoms. The number of nitrogens with one attached hydrogen (secondary N) is 1. The van der Waals surface area contributed by atoms with Gasteiger partial charge in [0.25, 0.3) is 0 Å². The van der Waals surface area contributed by atoms with E-state index in [1.165, 1.54) is 31.5 Å². The summed E-state index contributed by atoms with van der Waals surface area (Å²) in [5, 5.41) is 8.16. The Kier molecular flexibility index (Phi) is 4.79. The first kappa shape index (κ1) is 16.5. The molecule has 0 bridgehead atoms. The van der Waals surface area contributed by atoms with Gasteiger partial charge in [-0.25, -0.2) is 0 Å². The first-order valence-electron chi connectivity index (χ1n) is 8.19. The number of likely N-dealkylation sites (tertiary alicyclic amines) is 1. The summed E-state index contributed by atoms with van der Waals surface area (Å²) >= 11 is 0. The highest BCUT2D eigenvalue weighted by Gasteiger charge is 2.26. The van der Waals surface area contributed by atoms with Crippen LogP contribution in [0, 0.1) is 0 Å². The van der Waals surface area contributed by atoms with Gasteiger partial charge in [-0.15, -0.1) is 0 Å². The van der Waals surface area contributed by atoms with Gasteiger partial charge in [0, 0.05) is 43.0 Å². The zero-order valence-corrected chi connectivity index (χ0v) is 14.6. The standard InChI is InChI=1S/C17H32N4/c1-16(2,3)20-9-7-15(8-10-20)18-11-14-12-19-21(13-14)17(4,5)6/h12-13,15,18H,7-11H2,1-6H3. The summed E-state index contributed by atoms with van der Waals surface area (Å²) in [4.78, 5) is 2.59. The molecule has 120 valence electrons. The maximum Gasteiger partial charge on any atom is 0.0543 e. The van der Waals surface area contributed by atoms with Crippen LogP contribution in [0.5, 0.6) is 0 Å². The molecule has 0 atom stereocenters. The molecule has 0 spiro atoms. The lowest BCUT2D eigenvalue weighted by atomic mass is 9.98. The largest absolute Gasteiger partial charge is 0.310 e. The van der Waals surface area contributed by atoms with Crippen LogP contribution in [0.4, 0.5) is 0 Å². The summed E-state index contributed by atoms with van der Waals surface area (Å²) in [5.74, 6) is 0. The molecule has 21 heavy (non-hydrogen) atoms. The maximum absolute atomic E-state index is 4.46. The van der Waals surface area contributed by atoms with Crippen LogP contribution in [0.15, 0.2) is 12.4 Å². The van der Waals surface area contributed by atoms with Crippen molar-refractivity contribution in [2.45, 2.75) is 78.0 Å². The van der Waals surface area contributed by atoms with Gasteiger partial charge < -0.3 is 5.32 Å². The molecule has 1 aromatic rings. The van der Waals surface area contributed by atoms with Gasteiger partial charge in [0.15, 0.2) is 0 Å². The predicted molar refractivity (Wildman–Crippen MR) is 88.4 cm³/mol. The Balaban J connectivity index is 1.79. The summed E-state index contributed by atoms with van der Waals surface area (Å²) in [6, 6.07) is 0.640. The van der Waals surface area contributed by atoms with Crippen LogP contribution in [0.2, 0.25) is 0 Å². The van der Waals surface area contributed by atoms with Gasteiger partial charge in [-0.05, 0) is 54.4 Å². The summed E-state index contributed by atoms with van der Waals surface area (Å²) in [6.07, 6.45) is 6.63. The Bertz CT molecular complexity index is 442. The Morgan fingerprint density at radius 2 is 1.71 bits per heavy atom. The first-order valence-corrected chi connectivity index (χ1v) is 8.19. The molecule has 0 saturated carbocycles. The Hall–Kier alpha value is -0.870. The minimum Gasteiger partial charge on any atom is -0.310 e. The van der Waals surface area contributed by atoms with Crippen molar-refractivity contribution in [3.8, 4) is 0 Å². The van der Waals surface area contributed by atoms with Crippen LogP contribution in [0.1, 0.15) is 59.9 Å². The molecular weight excluding hydrogens is 260 g/mol. The van der Waals surface area contributed by atoms with E-state index in [9.17, 15) is 0 Å². The van der Waals surface area contributed by atoms with Crippen molar-refractivity contribution in [3.63, 3.8) is 0 Å². The van der Waals surface area contributed by atoms with E-state index in [-0.39, 0.29) is 5.54 Å². The zero-order chi connectivity index (χ0) is 15.7. The van der Waals surface area contributed by atoms with Crippen molar-refractivity contribution >= 4 is 0 Å². The fourth-order valence-corrected chi connectivity index (χ4v) is 2.83. The first-order chi connectivity index (χ1) is 9.66. The van der Waals surface area contributed by atoms with E-state index in [1.807, 2.05) is 10.9 Å². The minimum absolute atomic E-state index is 0.0658. The highest BCUT2D eigenvalue weighted by molar-refractivity contribution is 5.05. The lowest BCUT2D eigenvalue weighted by Gasteiger charge is -2.41.